The average Bonchev–Trinajstić information content (AvgIpc) is 3.42. The average molecular weight is 553 g/mol. The smallest absolute Gasteiger partial charge is 0.248 e. The standard InChI is InChI=1S/C27H44N4O6S/c1-22-17-25(35-3)18-23(2)27(22)38(33,34)31-15-16-36-19-24(31)20-37-21-26(32)30-13-11-29(12-14-30)10-6-9-28-7-4-5-8-28/h17-18,24H,4-16,19-21H2,1-3H3/t24-/m0/s1. The van der Waals surface area contributed by atoms with Crippen LogP contribution in [0.2, 0.25) is 0 Å². The number of benzene rings is 1. The highest BCUT2D eigenvalue weighted by Crippen LogP contribution is 2.30. The molecule has 0 N–H and O–H groups in total. The zero-order valence-corrected chi connectivity index (χ0v) is 24.0. The molecule has 1 aromatic rings. The fourth-order valence-electron chi connectivity index (χ4n) is 5.76. The summed E-state index contributed by atoms with van der Waals surface area (Å²) in [4.78, 5) is 19.9. The maximum atomic E-state index is 13.7. The summed E-state index contributed by atoms with van der Waals surface area (Å²) >= 11 is 0. The summed E-state index contributed by atoms with van der Waals surface area (Å²) in [6.07, 6.45) is 3.83. The van der Waals surface area contributed by atoms with E-state index in [0.29, 0.717) is 41.5 Å². The Morgan fingerprint density at radius 2 is 1.61 bits per heavy atom. The highest BCUT2D eigenvalue weighted by Gasteiger charge is 2.36. The molecule has 1 amide bonds. The van der Waals surface area contributed by atoms with Crippen LogP contribution in [-0.4, -0.2) is 132 Å². The van der Waals surface area contributed by atoms with Gasteiger partial charge in [0.1, 0.15) is 12.4 Å². The van der Waals surface area contributed by atoms with E-state index in [4.69, 9.17) is 14.2 Å². The van der Waals surface area contributed by atoms with Crippen molar-refractivity contribution in [3.63, 3.8) is 0 Å². The van der Waals surface area contributed by atoms with Gasteiger partial charge in [-0.2, -0.15) is 4.31 Å². The van der Waals surface area contributed by atoms with Gasteiger partial charge in [-0.05, 0) is 82.5 Å². The first-order valence-electron chi connectivity index (χ1n) is 13.8. The van der Waals surface area contributed by atoms with Gasteiger partial charge in [0.25, 0.3) is 0 Å². The van der Waals surface area contributed by atoms with Gasteiger partial charge in [-0.3, -0.25) is 9.69 Å². The number of hydrogen-bond donors (Lipinski definition) is 0. The topological polar surface area (TPSA) is 91.9 Å². The Labute approximate surface area is 227 Å². The second-order valence-corrected chi connectivity index (χ2v) is 12.4. The SMILES string of the molecule is COc1cc(C)c(S(=O)(=O)N2CCOC[C@H]2COCC(=O)N2CCN(CCCN3CCCC3)CC2)c(C)c1. The number of ether oxygens (including phenoxy) is 3. The molecule has 0 unspecified atom stereocenters. The number of morpholine rings is 1. The number of piperazine rings is 1. The normalized spacial score (nSPS) is 22.2. The van der Waals surface area contributed by atoms with Gasteiger partial charge in [-0.25, -0.2) is 8.42 Å². The minimum atomic E-state index is -3.77. The molecule has 1 atom stereocenters. The lowest BCUT2D eigenvalue weighted by atomic mass is 10.1. The highest BCUT2D eigenvalue weighted by atomic mass is 32.2. The third-order valence-electron chi connectivity index (χ3n) is 7.82. The van der Waals surface area contributed by atoms with Crippen molar-refractivity contribution in [3.8, 4) is 5.75 Å². The summed E-state index contributed by atoms with van der Waals surface area (Å²) in [6.45, 7) is 12.3. The number of hydrogen-bond acceptors (Lipinski definition) is 8. The van der Waals surface area contributed by atoms with Crippen LogP contribution in [0.1, 0.15) is 30.4 Å². The number of likely N-dealkylation sites (tertiary alicyclic amines) is 1. The molecule has 38 heavy (non-hydrogen) atoms. The Kier molecular flexibility index (Phi) is 10.4. The van der Waals surface area contributed by atoms with Crippen LogP contribution in [0.25, 0.3) is 0 Å². The first-order valence-corrected chi connectivity index (χ1v) is 15.3. The number of nitrogens with zero attached hydrogens (tertiary/aromatic N) is 4. The summed E-state index contributed by atoms with van der Waals surface area (Å²) in [7, 11) is -2.21. The van der Waals surface area contributed by atoms with E-state index in [9.17, 15) is 13.2 Å². The van der Waals surface area contributed by atoms with Crippen molar-refractivity contribution in [2.24, 2.45) is 0 Å². The van der Waals surface area contributed by atoms with Gasteiger partial charge in [0.05, 0.1) is 37.9 Å². The Hall–Kier alpha value is -1.76. The van der Waals surface area contributed by atoms with Crippen LogP contribution < -0.4 is 4.74 Å². The third-order valence-corrected chi connectivity index (χ3v) is 10.1. The number of methoxy groups -OCH3 is 1. The number of rotatable bonds is 11. The first-order chi connectivity index (χ1) is 18.3. The van der Waals surface area contributed by atoms with Crippen molar-refractivity contribution < 1.29 is 27.4 Å². The molecule has 3 aliphatic rings. The molecule has 0 bridgehead atoms. The van der Waals surface area contributed by atoms with Crippen LogP contribution in [0.5, 0.6) is 5.75 Å². The predicted molar refractivity (Wildman–Crippen MR) is 145 cm³/mol. The summed E-state index contributed by atoms with van der Waals surface area (Å²) in [6, 6.07) is 2.98. The zero-order chi connectivity index (χ0) is 27.1. The molecule has 3 heterocycles. The molecule has 3 aliphatic heterocycles. The Bertz CT molecular complexity index is 1010. The molecule has 3 fully saturated rings. The second-order valence-electron chi connectivity index (χ2n) is 10.6. The van der Waals surface area contributed by atoms with Gasteiger partial charge in [-0.1, -0.05) is 0 Å². The van der Waals surface area contributed by atoms with Crippen LogP contribution >= 0.6 is 0 Å². The van der Waals surface area contributed by atoms with E-state index < -0.39 is 16.1 Å². The number of carbonyl (C=O) groups excluding carboxylic acids is 1. The molecule has 0 radical (unpaired) electrons. The quantitative estimate of drug-likeness (QED) is 0.406. The van der Waals surface area contributed by atoms with Gasteiger partial charge in [-0.15, -0.1) is 0 Å². The van der Waals surface area contributed by atoms with Crippen LogP contribution in [0.4, 0.5) is 0 Å². The molecule has 11 heteroatoms. The minimum Gasteiger partial charge on any atom is -0.497 e. The highest BCUT2D eigenvalue weighted by molar-refractivity contribution is 7.89. The number of sulfonamides is 1. The van der Waals surface area contributed by atoms with Crippen molar-refractivity contribution in [2.75, 3.05) is 92.4 Å². The van der Waals surface area contributed by atoms with Crippen molar-refractivity contribution >= 4 is 15.9 Å². The van der Waals surface area contributed by atoms with E-state index in [0.717, 1.165) is 19.6 Å². The summed E-state index contributed by atoms with van der Waals surface area (Å²) < 4.78 is 45.4. The fourth-order valence-corrected chi connectivity index (χ4v) is 7.75. The van der Waals surface area contributed by atoms with Crippen molar-refractivity contribution in [3.05, 3.63) is 23.3 Å². The van der Waals surface area contributed by atoms with Gasteiger partial charge < -0.3 is 24.0 Å². The molecule has 0 spiro atoms. The number of amides is 1. The summed E-state index contributed by atoms with van der Waals surface area (Å²) in [5, 5.41) is 0. The maximum absolute atomic E-state index is 13.7. The largest absolute Gasteiger partial charge is 0.497 e. The zero-order valence-electron chi connectivity index (χ0n) is 23.2. The van der Waals surface area contributed by atoms with Crippen molar-refractivity contribution in [2.45, 2.75) is 44.0 Å². The minimum absolute atomic E-state index is 0.0466. The molecular formula is C27H44N4O6S. The lowest BCUT2D eigenvalue weighted by Crippen LogP contribution is -2.52. The van der Waals surface area contributed by atoms with Crippen LogP contribution in [-0.2, 0) is 24.3 Å². The monoisotopic (exact) mass is 552 g/mol. The van der Waals surface area contributed by atoms with Crippen LogP contribution in [0.15, 0.2) is 17.0 Å². The van der Waals surface area contributed by atoms with Gasteiger partial charge in [0.15, 0.2) is 0 Å². The van der Waals surface area contributed by atoms with Gasteiger partial charge >= 0.3 is 0 Å². The van der Waals surface area contributed by atoms with Crippen LogP contribution in [0.3, 0.4) is 0 Å². The van der Waals surface area contributed by atoms with E-state index in [2.05, 4.69) is 9.80 Å². The Balaban J connectivity index is 1.24. The Morgan fingerprint density at radius 1 is 0.974 bits per heavy atom. The van der Waals surface area contributed by atoms with Gasteiger partial charge in [0.2, 0.25) is 15.9 Å². The van der Waals surface area contributed by atoms with E-state index in [1.807, 2.05) is 4.90 Å². The van der Waals surface area contributed by atoms with E-state index in [1.54, 1.807) is 33.1 Å². The molecule has 214 valence electrons. The predicted octanol–water partition coefficient (Wildman–Crippen LogP) is 1.35. The molecule has 4 rings (SSSR count). The third kappa shape index (κ3) is 7.25. The molecule has 1 aromatic carbocycles. The maximum Gasteiger partial charge on any atom is 0.248 e. The van der Waals surface area contributed by atoms with Gasteiger partial charge in [0, 0.05) is 32.7 Å². The molecule has 10 nitrogen and oxygen atoms in total. The lowest BCUT2D eigenvalue weighted by molar-refractivity contribution is -0.138. The van der Waals surface area contributed by atoms with Crippen molar-refractivity contribution in [1.82, 2.24) is 19.0 Å². The van der Waals surface area contributed by atoms with E-state index >= 15 is 0 Å². The van der Waals surface area contributed by atoms with Crippen LogP contribution in [0, 0.1) is 13.8 Å². The van der Waals surface area contributed by atoms with E-state index in [1.165, 1.54) is 43.2 Å². The van der Waals surface area contributed by atoms with Crippen molar-refractivity contribution in [1.29, 1.82) is 0 Å². The summed E-state index contributed by atoms with van der Waals surface area (Å²) in [5.74, 6) is 0.580. The Morgan fingerprint density at radius 3 is 2.24 bits per heavy atom. The summed E-state index contributed by atoms with van der Waals surface area (Å²) in [5.41, 5.74) is 1.27. The molecular weight excluding hydrogens is 508 g/mol. The fraction of sp³-hybridized carbons (Fsp3) is 0.741. The lowest BCUT2D eigenvalue weighted by Gasteiger charge is -2.36. The second kappa shape index (κ2) is 13.5. The molecule has 3 saturated heterocycles. The molecule has 0 aromatic heterocycles. The number of carbonyl (C=O) groups is 1. The van der Waals surface area contributed by atoms with E-state index in [-0.39, 0.29) is 32.3 Å². The molecule has 0 saturated carbocycles. The first kappa shape index (κ1) is 29.2. The molecule has 0 aliphatic carbocycles. The number of aryl methyl sites for hydroxylation is 2.